The van der Waals surface area contributed by atoms with Crippen molar-refractivity contribution in [3.63, 3.8) is 0 Å². The molecule has 102 valence electrons. The van der Waals surface area contributed by atoms with Crippen molar-refractivity contribution in [1.29, 1.82) is 0 Å². The van der Waals surface area contributed by atoms with Crippen molar-refractivity contribution < 1.29 is 8.42 Å². The molecule has 2 heterocycles. The average molecular weight is 280 g/mol. The number of pyridine rings is 1. The Labute approximate surface area is 113 Å². The highest BCUT2D eigenvalue weighted by atomic mass is 32.2. The second kappa shape index (κ2) is 6.02. The van der Waals surface area contributed by atoms with E-state index in [1.54, 1.807) is 18.2 Å². The Balaban J connectivity index is 2.14. The van der Waals surface area contributed by atoms with E-state index in [2.05, 4.69) is 21.5 Å². The molecule has 1 aliphatic heterocycles. The smallest absolute Gasteiger partial charge is 0.302 e. The Bertz CT molecular complexity index is 598. The van der Waals surface area contributed by atoms with E-state index in [-0.39, 0.29) is 12.4 Å². The van der Waals surface area contributed by atoms with Gasteiger partial charge >= 0.3 is 10.2 Å². The van der Waals surface area contributed by atoms with Crippen LogP contribution in [0.5, 0.6) is 0 Å². The number of anilines is 1. The monoisotopic (exact) mass is 280 g/mol. The third-order valence-electron chi connectivity index (χ3n) is 2.71. The second-order valence-electron chi connectivity index (χ2n) is 4.13. The van der Waals surface area contributed by atoms with Gasteiger partial charge in [-0.1, -0.05) is 12.0 Å². The standard InChI is InChI=1S/C12H16N4O2S/c13-8-4-6-11-5-3-7-12(14-11)15-19(17,18)16-9-1-2-10-16/h3,5,7H,1-2,8-10,13H2,(H,14,15). The highest BCUT2D eigenvalue weighted by Crippen LogP contribution is 2.15. The highest BCUT2D eigenvalue weighted by molar-refractivity contribution is 7.90. The van der Waals surface area contributed by atoms with E-state index < -0.39 is 10.2 Å². The van der Waals surface area contributed by atoms with Gasteiger partial charge in [0.2, 0.25) is 0 Å². The van der Waals surface area contributed by atoms with Crippen LogP contribution in [0.3, 0.4) is 0 Å². The van der Waals surface area contributed by atoms with Gasteiger partial charge in [0.15, 0.2) is 0 Å². The third-order valence-corrected chi connectivity index (χ3v) is 4.22. The van der Waals surface area contributed by atoms with Gasteiger partial charge in [-0.3, -0.25) is 4.72 Å². The molecule has 0 spiro atoms. The molecule has 0 aromatic carbocycles. The van der Waals surface area contributed by atoms with Crippen LogP contribution >= 0.6 is 0 Å². The normalized spacial score (nSPS) is 15.8. The fraction of sp³-hybridized carbons (Fsp3) is 0.417. The number of aromatic nitrogens is 1. The van der Waals surface area contributed by atoms with Gasteiger partial charge in [-0.25, -0.2) is 4.98 Å². The van der Waals surface area contributed by atoms with Crippen molar-refractivity contribution in [2.24, 2.45) is 5.73 Å². The minimum atomic E-state index is -3.50. The minimum absolute atomic E-state index is 0.241. The molecule has 7 heteroatoms. The average Bonchev–Trinajstić information content (AvgIpc) is 2.91. The fourth-order valence-electron chi connectivity index (χ4n) is 1.83. The summed E-state index contributed by atoms with van der Waals surface area (Å²) in [4.78, 5) is 4.12. The number of nitrogens with zero attached hydrogens (tertiary/aromatic N) is 2. The zero-order valence-electron chi connectivity index (χ0n) is 10.5. The molecule has 2 rings (SSSR count). The molecule has 1 saturated heterocycles. The van der Waals surface area contributed by atoms with Gasteiger partial charge in [0.25, 0.3) is 0 Å². The number of rotatable bonds is 3. The zero-order chi connectivity index (χ0) is 13.7. The maximum Gasteiger partial charge on any atom is 0.302 e. The summed E-state index contributed by atoms with van der Waals surface area (Å²) in [6.07, 6.45) is 1.80. The first kappa shape index (κ1) is 13.8. The molecule has 0 atom stereocenters. The van der Waals surface area contributed by atoms with Gasteiger partial charge in [0.1, 0.15) is 11.5 Å². The maximum atomic E-state index is 12.0. The topological polar surface area (TPSA) is 88.3 Å². The van der Waals surface area contributed by atoms with Crippen LogP contribution in [0.1, 0.15) is 18.5 Å². The Morgan fingerprint density at radius 1 is 1.37 bits per heavy atom. The molecule has 0 radical (unpaired) electrons. The first-order chi connectivity index (χ1) is 9.12. The SMILES string of the molecule is NCC#Cc1cccc(NS(=O)(=O)N2CCCC2)n1. The molecular weight excluding hydrogens is 264 g/mol. The summed E-state index contributed by atoms with van der Waals surface area (Å²) in [5.74, 6) is 5.72. The summed E-state index contributed by atoms with van der Waals surface area (Å²) < 4.78 is 28.0. The van der Waals surface area contributed by atoms with E-state index >= 15 is 0 Å². The predicted molar refractivity (Wildman–Crippen MR) is 73.5 cm³/mol. The number of hydrogen-bond acceptors (Lipinski definition) is 4. The molecular formula is C12H16N4O2S. The summed E-state index contributed by atoms with van der Waals surface area (Å²) in [5.41, 5.74) is 5.77. The van der Waals surface area contributed by atoms with Crippen LogP contribution in [-0.4, -0.2) is 37.3 Å². The lowest BCUT2D eigenvalue weighted by Gasteiger charge is -2.16. The molecule has 1 aliphatic rings. The summed E-state index contributed by atoms with van der Waals surface area (Å²) in [5, 5.41) is 0. The van der Waals surface area contributed by atoms with Crippen molar-refractivity contribution in [3.8, 4) is 11.8 Å². The van der Waals surface area contributed by atoms with Crippen molar-refractivity contribution in [3.05, 3.63) is 23.9 Å². The number of nitrogens with two attached hydrogens (primary N) is 1. The minimum Gasteiger partial charge on any atom is -0.320 e. The van der Waals surface area contributed by atoms with E-state index in [9.17, 15) is 8.42 Å². The summed E-state index contributed by atoms with van der Waals surface area (Å²) in [6.45, 7) is 1.36. The van der Waals surface area contributed by atoms with E-state index in [0.29, 0.717) is 18.8 Å². The van der Waals surface area contributed by atoms with Gasteiger partial charge in [0.05, 0.1) is 6.54 Å². The Kier molecular flexibility index (Phi) is 4.37. The van der Waals surface area contributed by atoms with Crippen LogP contribution in [0.4, 0.5) is 5.82 Å². The molecule has 0 unspecified atom stereocenters. The van der Waals surface area contributed by atoms with Crippen LogP contribution in [0.15, 0.2) is 18.2 Å². The van der Waals surface area contributed by atoms with Gasteiger partial charge in [-0.2, -0.15) is 12.7 Å². The van der Waals surface area contributed by atoms with E-state index in [0.717, 1.165) is 12.8 Å². The van der Waals surface area contributed by atoms with E-state index in [1.165, 1.54) is 4.31 Å². The predicted octanol–water partition coefficient (Wildman–Crippen LogP) is 0.144. The molecule has 0 bridgehead atoms. The molecule has 1 aromatic heterocycles. The second-order valence-corrected chi connectivity index (χ2v) is 5.80. The van der Waals surface area contributed by atoms with Crippen molar-refractivity contribution in [1.82, 2.24) is 9.29 Å². The van der Waals surface area contributed by atoms with Gasteiger partial charge in [-0.15, -0.1) is 0 Å². The van der Waals surface area contributed by atoms with Crippen LogP contribution < -0.4 is 10.5 Å². The maximum absolute atomic E-state index is 12.0. The largest absolute Gasteiger partial charge is 0.320 e. The first-order valence-electron chi connectivity index (χ1n) is 6.06. The zero-order valence-corrected chi connectivity index (χ0v) is 11.3. The Morgan fingerprint density at radius 3 is 2.79 bits per heavy atom. The van der Waals surface area contributed by atoms with Crippen LogP contribution in [0, 0.1) is 11.8 Å². The molecule has 0 amide bonds. The lowest BCUT2D eigenvalue weighted by molar-refractivity contribution is 0.482. The Morgan fingerprint density at radius 2 is 2.11 bits per heavy atom. The lowest BCUT2D eigenvalue weighted by Crippen LogP contribution is -2.33. The Hall–Kier alpha value is -1.62. The van der Waals surface area contributed by atoms with E-state index in [1.807, 2.05) is 0 Å². The quantitative estimate of drug-likeness (QED) is 0.771. The summed E-state index contributed by atoms with van der Waals surface area (Å²) in [6, 6.07) is 5.01. The van der Waals surface area contributed by atoms with Gasteiger partial charge < -0.3 is 5.73 Å². The molecule has 1 fully saturated rings. The van der Waals surface area contributed by atoms with Crippen molar-refractivity contribution in [2.45, 2.75) is 12.8 Å². The molecule has 3 N–H and O–H groups in total. The van der Waals surface area contributed by atoms with Crippen LogP contribution in [0.25, 0.3) is 0 Å². The molecule has 6 nitrogen and oxygen atoms in total. The molecule has 0 aliphatic carbocycles. The lowest BCUT2D eigenvalue weighted by atomic mass is 10.3. The molecule has 0 saturated carbocycles. The van der Waals surface area contributed by atoms with Crippen molar-refractivity contribution >= 4 is 16.0 Å². The molecule has 19 heavy (non-hydrogen) atoms. The number of hydrogen-bond donors (Lipinski definition) is 2. The highest BCUT2D eigenvalue weighted by Gasteiger charge is 2.25. The third kappa shape index (κ3) is 3.67. The summed E-state index contributed by atoms with van der Waals surface area (Å²) in [7, 11) is -3.50. The van der Waals surface area contributed by atoms with Crippen molar-refractivity contribution in [2.75, 3.05) is 24.4 Å². The molecule has 1 aromatic rings. The fourth-order valence-corrected chi connectivity index (χ4v) is 3.07. The van der Waals surface area contributed by atoms with Gasteiger partial charge in [-0.05, 0) is 30.9 Å². The number of nitrogens with one attached hydrogen (secondary N) is 1. The van der Waals surface area contributed by atoms with Gasteiger partial charge in [0, 0.05) is 13.1 Å². The van der Waals surface area contributed by atoms with Crippen LogP contribution in [-0.2, 0) is 10.2 Å². The summed E-state index contributed by atoms with van der Waals surface area (Å²) >= 11 is 0. The van der Waals surface area contributed by atoms with Crippen LogP contribution in [0.2, 0.25) is 0 Å². The first-order valence-corrected chi connectivity index (χ1v) is 7.50. The van der Waals surface area contributed by atoms with E-state index in [4.69, 9.17) is 5.73 Å².